The maximum Gasteiger partial charge on any atom is 0.252 e. The number of fused-ring (bicyclic) bond motifs is 1. The summed E-state index contributed by atoms with van der Waals surface area (Å²) in [6.45, 7) is 1.94. The van der Waals surface area contributed by atoms with Gasteiger partial charge in [-0.3, -0.25) is 9.48 Å². The van der Waals surface area contributed by atoms with Crippen LogP contribution in [0.15, 0.2) is 6.07 Å². The van der Waals surface area contributed by atoms with Crippen LogP contribution in [0.25, 0.3) is 11.0 Å². The van der Waals surface area contributed by atoms with Gasteiger partial charge in [0.1, 0.15) is 0 Å². The summed E-state index contributed by atoms with van der Waals surface area (Å²) in [6, 6.07) is 2.35. The fraction of sp³-hybridized carbons (Fsp3) is 0.533. The highest BCUT2D eigenvalue weighted by Crippen LogP contribution is 2.40. The van der Waals surface area contributed by atoms with E-state index in [1.165, 1.54) is 12.8 Å². The van der Waals surface area contributed by atoms with E-state index in [4.69, 9.17) is 4.98 Å². The fourth-order valence-corrected chi connectivity index (χ4v) is 2.72. The molecule has 2 heterocycles. The molecule has 0 atom stereocenters. The Morgan fingerprint density at radius 1 is 1.35 bits per heavy atom. The van der Waals surface area contributed by atoms with Crippen LogP contribution in [0, 0.1) is 6.92 Å². The van der Waals surface area contributed by atoms with Gasteiger partial charge in [0.05, 0.1) is 16.6 Å². The summed E-state index contributed by atoms with van der Waals surface area (Å²) in [4.78, 5) is 17.2. The summed E-state index contributed by atoms with van der Waals surface area (Å²) >= 11 is 0. The molecule has 0 aliphatic heterocycles. The zero-order chi connectivity index (χ0) is 13.9. The number of nitrogens with one attached hydrogen (secondary N) is 1. The van der Waals surface area contributed by atoms with Crippen molar-refractivity contribution < 1.29 is 4.79 Å². The van der Waals surface area contributed by atoms with Crippen molar-refractivity contribution in [2.24, 2.45) is 7.05 Å². The van der Waals surface area contributed by atoms with Crippen LogP contribution in [-0.4, -0.2) is 26.7 Å². The first-order chi connectivity index (χ1) is 9.63. The number of amides is 1. The minimum Gasteiger partial charge on any atom is -0.349 e. The van der Waals surface area contributed by atoms with Gasteiger partial charge in [-0.25, -0.2) is 4.98 Å². The molecule has 2 saturated carbocycles. The van der Waals surface area contributed by atoms with Crippen LogP contribution < -0.4 is 5.32 Å². The Morgan fingerprint density at radius 2 is 2.10 bits per heavy atom. The van der Waals surface area contributed by atoms with Crippen LogP contribution in [0.5, 0.6) is 0 Å². The number of carbonyl (C=O) groups excluding carboxylic acids is 1. The monoisotopic (exact) mass is 270 g/mol. The van der Waals surface area contributed by atoms with Crippen LogP contribution >= 0.6 is 0 Å². The molecule has 0 unspecified atom stereocenters. The highest BCUT2D eigenvalue weighted by molar-refractivity contribution is 6.06. The molecule has 2 aromatic rings. The van der Waals surface area contributed by atoms with Crippen LogP contribution in [0.4, 0.5) is 0 Å². The van der Waals surface area contributed by atoms with Gasteiger partial charge < -0.3 is 5.32 Å². The van der Waals surface area contributed by atoms with Crippen molar-refractivity contribution in [2.45, 2.75) is 44.6 Å². The largest absolute Gasteiger partial charge is 0.349 e. The quantitative estimate of drug-likeness (QED) is 0.928. The van der Waals surface area contributed by atoms with Gasteiger partial charge in [0.25, 0.3) is 5.91 Å². The summed E-state index contributed by atoms with van der Waals surface area (Å²) in [6.07, 6.45) is 4.56. The molecule has 1 amide bonds. The predicted molar refractivity (Wildman–Crippen MR) is 75.7 cm³/mol. The van der Waals surface area contributed by atoms with Gasteiger partial charge in [0.2, 0.25) is 0 Å². The molecule has 0 bridgehead atoms. The molecule has 0 radical (unpaired) electrons. The second-order valence-corrected chi connectivity index (χ2v) is 6.02. The molecule has 2 aromatic heterocycles. The Labute approximate surface area is 117 Å². The lowest BCUT2D eigenvalue weighted by Crippen LogP contribution is -2.26. The number of aryl methyl sites for hydroxylation is 2. The molecule has 5 heteroatoms. The molecular weight excluding hydrogens is 252 g/mol. The third-order valence-corrected chi connectivity index (χ3v) is 4.14. The van der Waals surface area contributed by atoms with Crippen molar-refractivity contribution >= 4 is 16.9 Å². The molecule has 2 aliphatic rings. The summed E-state index contributed by atoms with van der Waals surface area (Å²) in [5.41, 5.74) is 3.49. The van der Waals surface area contributed by atoms with E-state index in [1.54, 1.807) is 4.68 Å². The maximum absolute atomic E-state index is 12.5. The summed E-state index contributed by atoms with van der Waals surface area (Å²) < 4.78 is 1.78. The average molecular weight is 270 g/mol. The van der Waals surface area contributed by atoms with Crippen molar-refractivity contribution in [1.29, 1.82) is 0 Å². The SMILES string of the molecule is Cc1nn(C)c2nc(C3CC3)cc(C(=O)NC3CC3)c12. The molecule has 1 N–H and O–H groups in total. The summed E-state index contributed by atoms with van der Waals surface area (Å²) in [5.74, 6) is 0.556. The second-order valence-electron chi connectivity index (χ2n) is 6.02. The van der Waals surface area contributed by atoms with Gasteiger partial charge in [-0.15, -0.1) is 0 Å². The fourth-order valence-electron chi connectivity index (χ4n) is 2.72. The smallest absolute Gasteiger partial charge is 0.252 e. The van der Waals surface area contributed by atoms with Gasteiger partial charge in [-0.1, -0.05) is 0 Å². The molecule has 2 aliphatic carbocycles. The van der Waals surface area contributed by atoms with E-state index in [9.17, 15) is 4.79 Å². The Bertz CT molecular complexity index is 710. The second kappa shape index (κ2) is 4.04. The Morgan fingerprint density at radius 3 is 2.75 bits per heavy atom. The van der Waals surface area contributed by atoms with E-state index >= 15 is 0 Å². The lowest BCUT2D eigenvalue weighted by Gasteiger charge is -2.08. The Kier molecular flexibility index (Phi) is 2.40. The van der Waals surface area contributed by atoms with E-state index in [2.05, 4.69) is 10.4 Å². The standard InChI is InChI=1S/C15H18N4O/c1-8-13-11(15(20)16-10-5-6-10)7-12(9-3-4-9)17-14(13)19(2)18-8/h7,9-10H,3-6H2,1-2H3,(H,16,20). The molecule has 0 saturated heterocycles. The lowest BCUT2D eigenvalue weighted by molar-refractivity contribution is 0.0952. The molecule has 2 fully saturated rings. The number of hydrogen-bond donors (Lipinski definition) is 1. The van der Waals surface area contributed by atoms with Gasteiger partial charge in [0.15, 0.2) is 5.65 Å². The number of rotatable bonds is 3. The molecule has 0 aromatic carbocycles. The van der Waals surface area contributed by atoms with E-state index < -0.39 is 0 Å². The van der Waals surface area contributed by atoms with Crippen LogP contribution in [0.2, 0.25) is 0 Å². The average Bonchev–Trinajstić information content (AvgIpc) is 3.30. The lowest BCUT2D eigenvalue weighted by atomic mass is 10.1. The van der Waals surface area contributed by atoms with Crippen molar-refractivity contribution in [1.82, 2.24) is 20.1 Å². The topological polar surface area (TPSA) is 59.8 Å². The molecule has 20 heavy (non-hydrogen) atoms. The zero-order valence-corrected chi connectivity index (χ0v) is 11.8. The summed E-state index contributed by atoms with van der Waals surface area (Å²) in [5, 5.41) is 8.40. The first-order valence-electron chi connectivity index (χ1n) is 7.28. The number of aromatic nitrogens is 3. The Balaban J connectivity index is 1.88. The minimum atomic E-state index is 0.0258. The number of carbonyl (C=O) groups is 1. The maximum atomic E-state index is 12.5. The third-order valence-electron chi connectivity index (χ3n) is 4.14. The zero-order valence-electron chi connectivity index (χ0n) is 11.8. The van der Waals surface area contributed by atoms with Crippen molar-refractivity contribution in [3.05, 3.63) is 23.0 Å². The normalized spacial score (nSPS) is 18.5. The number of nitrogens with zero attached hydrogens (tertiary/aromatic N) is 3. The van der Waals surface area contributed by atoms with Gasteiger partial charge >= 0.3 is 0 Å². The highest BCUT2D eigenvalue weighted by Gasteiger charge is 2.30. The molecule has 5 nitrogen and oxygen atoms in total. The van der Waals surface area contributed by atoms with Crippen LogP contribution in [0.3, 0.4) is 0 Å². The van der Waals surface area contributed by atoms with E-state index in [0.29, 0.717) is 12.0 Å². The third kappa shape index (κ3) is 1.88. The van der Waals surface area contributed by atoms with E-state index in [1.807, 2.05) is 20.0 Å². The van der Waals surface area contributed by atoms with Crippen LogP contribution in [-0.2, 0) is 7.05 Å². The molecule has 0 spiro atoms. The predicted octanol–water partition coefficient (Wildman–Crippen LogP) is 2.05. The van der Waals surface area contributed by atoms with Gasteiger partial charge in [-0.2, -0.15) is 5.10 Å². The van der Waals surface area contributed by atoms with E-state index in [-0.39, 0.29) is 5.91 Å². The van der Waals surface area contributed by atoms with Crippen LogP contribution in [0.1, 0.15) is 53.3 Å². The van der Waals surface area contributed by atoms with Crippen molar-refractivity contribution in [3.8, 4) is 0 Å². The Hall–Kier alpha value is -1.91. The minimum absolute atomic E-state index is 0.0258. The number of pyridine rings is 1. The molecule has 4 rings (SSSR count). The van der Waals surface area contributed by atoms with Crippen molar-refractivity contribution in [2.75, 3.05) is 0 Å². The first-order valence-corrected chi connectivity index (χ1v) is 7.28. The molecule has 104 valence electrons. The summed E-state index contributed by atoms with van der Waals surface area (Å²) in [7, 11) is 1.89. The first kappa shape index (κ1) is 11.9. The van der Waals surface area contributed by atoms with E-state index in [0.717, 1.165) is 40.8 Å². The molecular formula is C15H18N4O. The van der Waals surface area contributed by atoms with Crippen molar-refractivity contribution in [3.63, 3.8) is 0 Å². The van der Waals surface area contributed by atoms with Gasteiger partial charge in [-0.05, 0) is 38.7 Å². The highest BCUT2D eigenvalue weighted by atomic mass is 16.1. The van der Waals surface area contributed by atoms with Gasteiger partial charge in [0, 0.05) is 24.7 Å². The number of hydrogen-bond acceptors (Lipinski definition) is 3.